The Bertz CT molecular complexity index is 1070. The lowest BCUT2D eigenvalue weighted by atomic mass is 9.49. The van der Waals surface area contributed by atoms with Crippen LogP contribution in [0.4, 0.5) is 5.69 Å². The lowest BCUT2D eigenvalue weighted by Crippen LogP contribution is -2.52. The van der Waals surface area contributed by atoms with Crippen LogP contribution in [0.5, 0.6) is 5.75 Å². The third-order valence-electron chi connectivity index (χ3n) is 8.23. The van der Waals surface area contributed by atoms with Crippen LogP contribution in [-0.2, 0) is 16.6 Å². The van der Waals surface area contributed by atoms with Gasteiger partial charge in [0.05, 0.1) is 12.5 Å². The number of hydrogen-bond acceptors (Lipinski definition) is 3. The number of carboxylic acid groups (broad SMARTS) is 1. The van der Waals surface area contributed by atoms with Gasteiger partial charge in [-0.2, -0.15) is 0 Å². The molecule has 2 N–H and O–H groups in total. The molecule has 2 aliphatic rings. The minimum Gasteiger partial charge on any atom is -0.497 e. The molecule has 0 saturated heterocycles. The SMILES string of the molecule is COc1ccc(C(=O)Nc2cc3c(cc2C(C)C)CC[C@H]2[C@](C)(C(=O)O)CCC[C@]32C)cc1. The largest absolute Gasteiger partial charge is 0.497 e. The van der Waals surface area contributed by atoms with E-state index >= 15 is 0 Å². The molecule has 0 radical (unpaired) electrons. The van der Waals surface area contributed by atoms with Gasteiger partial charge in [0.15, 0.2) is 0 Å². The van der Waals surface area contributed by atoms with Gasteiger partial charge in [0.1, 0.15) is 5.75 Å². The highest BCUT2D eigenvalue weighted by molar-refractivity contribution is 6.04. The molecule has 5 nitrogen and oxygen atoms in total. The number of fused-ring (bicyclic) bond motifs is 3. The van der Waals surface area contributed by atoms with Crippen molar-refractivity contribution in [1.29, 1.82) is 0 Å². The fraction of sp³-hybridized carbons (Fsp3) is 0.500. The van der Waals surface area contributed by atoms with E-state index in [0.717, 1.165) is 43.4 Å². The smallest absolute Gasteiger partial charge is 0.309 e. The van der Waals surface area contributed by atoms with E-state index in [9.17, 15) is 14.7 Å². The van der Waals surface area contributed by atoms with Gasteiger partial charge >= 0.3 is 5.97 Å². The van der Waals surface area contributed by atoms with E-state index in [-0.39, 0.29) is 23.2 Å². The topological polar surface area (TPSA) is 75.6 Å². The molecule has 4 rings (SSSR count). The van der Waals surface area contributed by atoms with E-state index in [1.807, 2.05) is 6.92 Å². The Morgan fingerprint density at radius 2 is 1.82 bits per heavy atom. The van der Waals surface area contributed by atoms with Crippen LogP contribution < -0.4 is 10.1 Å². The van der Waals surface area contributed by atoms with Crippen molar-refractivity contribution in [3.63, 3.8) is 0 Å². The van der Waals surface area contributed by atoms with Crippen LogP contribution in [-0.4, -0.2) is 24.1 Å². The number of benzene rings is 2. The lowest BCUT2D eigenvalue weighted by molar-refractivity contribution is -0.157. The molecular formula is C28H35NO4. The second kappa shape index (κ2) is 8.51. The Morgan fingerprint density at radius 3 is 2.42 bits per heavy atom. The predicted octanol–water partition coefficient (Wildman–Crippen LogP) is 6.17. The van der Waals surface area contributed by atoms with Crippen LogP contribution in [0.3, 0.4) is 0 Å². The van der Waals surface area contributed by atoms with Crippen molar-refractivity contribution in [3.8, 4) is 5.75 Å². The number of carbonyl (C=O) groups excluding carboxylic acids is 1. The number of nitrogens with one attached hydrogen (secondary N) is 1. The maximum Gasteiger partial charge on any atom is 0.309 e. The van der Waals surface area contributed by atoms with Gasteiger partial charge in [-0.05, 0) is 96.9 Å². The average Bonchev–Trinajstić information content (AvgIpc) is 2.78. The Hall–Kier alpha value is -2.82. The number of methoxy groups -OCH3 is 1. The molecule has 0 heterocycles. The summed E-state index contributed by atoms with van der Waals surface area (Å²) < 4.78 is 5.20. The zero-order valence-corrected chi connectivity index (χ0v) is 20.3. The standard InChI is InChI=1S/C28H35NO4/c1-17(2)21-15-19-9-12-24-27(3,13-6-14-28(24,4)26(31)32)22(19)16-23(21)29-25(30)18-7-10-20(33-5)11-8-18/h7-8,10-11,15-17,24H,6,9,12-14H2,1-5H3,(H,29,30)(H,31,32)/t24-,27-,28-/m1/s1. The fourth-order valence-electron chi connectivity index (χ4n) is 6.31. The highest BCUT2D eigenvalue weighted by atomic mass is 16.5. The van der Waals surface area contributed by atoms with Crippen LogP contribution in [0.15, 0.2) is 36.4 Å². The van der Waals surface area contributed by atoms with Crippen LogP contribution in [0.25, 0.3) is 0 Å². The fourth-order valence-corrected chi connectivity index (χ4v) is 6.31. The first kappa shape index (κ1) is 23.3. The van der Waals surface area contributed by atoms with Crippen LogP contribution in [0, 0.1) is 11.3 Å². The number of anilines is 1. The summed E-state index contributed by atoms with van der Waals surface area (Å²) in [7, 11) is 1.60. The van der Waals surface area contributed by atoms with Crippen LogP contribution in [0.2, 0.25) is 0 Å². The molecule has 176 valence electrons. The van der Waals surface area contributed by atoms with Gasteiger partial charge in [-0.15, -0.1) is 0 Å². The second-order valence-electron chi connectivity index (χ2n) is 10.5. The van der Waals surface area contributed by atoms with Gasteiger partial charge in [0.25, 0.3) is 5.91 Å². The summed E-state index contributed by atoms with van der Waals surface area (Å²) in [6.45, 7) is 8.44. The zero-order chi connectivity index (χ0) is 24.0. The summed E-state index contributed by atoms with van der Waals surface area (Å²) in [5, 5.41) is 13.2. The lowest BCUT2D eigenvalue weighted by Gasteiger charge is -2.53. The summed E-state index contributed by atoms with van der Waals surface area (Å²) in [5.41, 5.74) is 4.10. The second-order valence-corrected chi connectivity index (χ2v) is 10.5. The van der Waals surface area contributed by atoms with Crippen molar-refractivity contribution in [2.45, 2.75) is 71.1 Å². The third-order valence-corrected chi connectivity index (χ3v) is 8.23. The summed E-state index contributed by atoms with van der Waals surface area (Å²) in [4.78, 5) is 25.4. The summed E-state index contributed by atoms with van der Waals surface area (Å²) in [6, 6.07) is 11.5. The Labute approximate surface area is 196 Å². The molecule has 2 aliphatic carbocycles. The van der Waals surface area contributed by atoms with E-state index in [1.54, 1.807) is 31.4 Å². The number of hydrogen-bond donors (Lipinski definition) is 2. The van der Waals surface area contributed by atoms with Gasteiger partial charge in [0.2, 0.25) is 0 Å². The molecule has 0 unspecified atom stereocenters. The van der Waals surface area contributed by atoms with Crippen molar-refractivity contribution in [2.24, 2.45) is 11.3 Å². The number of aryl methyl sites for hydroxylation is 1. The number of amides is 1. The molecule has 5 heteroatoms. The van der Waals surface area contributed by atoms with Gasteiger partial charge in [-0.1, -0.05) is 33.3 Å². The van der Waals surface area contributed by atoms with E-state index in [0.29, 0.717) is 11.3 Å². The molecule has 33 heavy (non-hydrogen) atoms. The maximum absolute atomic E-state index is 13.1. The molecule has 1 amide bonds. The van der Waals surface area contributed by atoms with Crippen LogP contribution in [0.1, 0.15) is 86.3 Å². The minimum atomic E-state index is -0.714. The number of ether oxygens (including phenoxy) is 1. The van der Waals surface area contributed by atoms with E-state index in [2.05, 4.69) is 38.2 Å². The average molecular weight is 450 g/mol. The molecule has 0 aliphatic heterocycles. The van der Waals surface area contributed by atoms with Gasteiger partial charge in [-0.25, -0.2) is 0 Å². The molecule has 1 saturated carbocycles. The maximum atomic E-state index is 13.1. The highest BCUT2D eigenvalue weighted by Gasteiger charge is 2.55. The molecule has 3 atom stereocenters. The third kappa shape index (κ3) is 3.92. The number of rotatable bonds is 5. The Morgan fingerprint density at radius 1 is 1.12 bits per heavy atom. The highest BCUT2D eigenvalue weighted by Crippen LogP contribution is 2.58. The minimum absolute atomic E-state index is 0.0822. The molecule has 0 spiro atoms. The number of carbonyl (C=O) groups is 2. The molecule has 0 aromatic heterocycles. The molecular weight excluding hydrogens is 414 g/mol. The zero-order valence-electron chi connectivity index (χ0n) is 20.3. The molecule has 2 aromatic rings. The van der Waals surface area contributed by atoms with Crippen molar-refractivity contribution < 1.29 is 19.4 Å². The first-order valence-electron chi connectivity index (χ1n) is 12.0. The van der Waals surface area contributed by atoms with Gasteiger partial charge in [-0.3, -0.25) is 9.59 Å². The first-order chi connectivity index (χ1) is 15.6. The van der Waals surface area contributed by atoms with Gasteiger partial charge < -0.3 is 15.2 Å². The van der Waals surface area contributed by atoms with Crippen molar-refractivity contribution in [2.75, 3.05) is 12.4 Å². The van der Waals surface area contributed by atoms with Gasteiger partial charge in [0, 0.05) is 11.3 Å². The van der Waals surface area contributed by atoms with E-state index in [4.69, 9.17) is 4.74 Å². The van der Waals surface area contributed by atoms with Crippen molar-refractivity contribution >= 4 is 17.6 Å². The summed E-state index contributed by atoms with van der Waals surface area (Å²) >= 11 is 0. The monoisotopic (exact) mass is 449 g/mol. The van der Waals surface area contributed by atoms with E-state index < -0.39 is 11.4 Å². The van der Waals surface area contributed by atoms with Crippen molar-refractivity contribution in [1.82, 2.24) is 0 Å². The van der Waals surface area contributed by atoms with E-state index in [1.165, 1.54) is 11.1 Å². The number of aliphatic carboxylic acids is 1. The molecule has 1 fully saturated rings. The first-order valence-corrected chi connectivity index (χ1v) is 12.0. The number of carboxylic acids is 1. The van der Waals surface area contributed by atoms with Crippen molar-refractivity contribution in [3.05, 3.63) is 58.7 Å². The molecule has 0 bridgehead atoms. The Kier molecular flexibility index (Phi) is 6.02. The molecule has 2 aromatic carbocycles. The summed E-state index contributed by atoms with van der Waals surface area (Å²) in [6.07, 6.45) is 4.37. The Balaban J connectivity index is 1.75. The quantitative estimate of drug-likeness (QED) is 0.573. The normalized spacial score (nSPS) is 26.3. The summed E-state index contributed by atoms with van der Waals surface area (Å²) in [5.74, 6) is 0.201. The van der Waals surface area contributed by atoms with Crippen LogP contribution >= 0.6 is 0 Å². The predicted molar refractivity (Wildman–Crippen MR) is 130 cm³/mol.